The van der Waals surface area contributed by atoms with E-state index < -0.39 is 104 Å². The summed E-state index contributed by atoms with van der Waals surface area (Å²) in [7, 11) is 0. The lowest BCUT2D eigenvalue weighted by atomic mass is 9.84. The van der Waals surface area contributed by atoms with E-state index in [0.717, 1.165) is 5.56 Å². The molecule has 3 fully saturated rings. The molecule has 1 saturated carbocycles. The molecule has 2 saturated heterocycles. The van der Waals surface area contributed by atoms with Gasteiger partial charge in [-0.1, -0.05) is 30.3 Å². The van der Waals surface area contributed by atoms with Gasteiger partial charge in [-0.05, 0) is 12.0 Å². The molecule has 1 aromatic carbocycles. The number of aliphatic hydroxyl groups excluding tert-OH is 7. The van der Waals surface area contributed by atoms with Crippen molar-refractivity contribution < 1.29 is 64.2 Å². The first-order valence-electron chi connectivity index (χ1n) is 13.9. The fourth-order valence-electron chi connectivity index (χ4n) is 5.33. The summed E-state index contributed by atoms with van der Waals surface area (Å²) in [5.74, 6) is 0. The number of carbonyl (C=O) groups is 1. The second-order valence-corrected chi connectivity index (χ2v) is 11.0. The van der Waals surface area contributed by atoms with Gasteiger partial charge >= 0.3 is 6.09 Å². The van der Waals surface area contributed by atoms with Crippen LogP contribution in [-0.2, 0) is 30.3 Å². The maximum atomic E-state index is 12.2. The lowest BCUT2D eigenvalue weighted by Gasteiger charge is -2.48. The van der Waals surface area contributed by atoms with Gasteiger partial charge in [-0.25, -0.2) is 4.79 Å². The van der Waals surface area contributed by atoms with Crippen LogP contribution in [0.5, 0.6) is 0 Å². The molecule has 2 aliphatic heterocycles. The molecule has 2 heterocycles. The molecule has 43 heavy (non-hydrogen) atoms. The van der Waals surface area contributed by atoms with Crippen LogP contribution in [0.15, 0.2) is 30.3 Å². The number of alkyl carbamates (subject to hydrolysis) is 1. The first-order chi connectivity index (χ1) is 20.4. The number of hydrogen-bond acceptors (Lipinski definition) is 16. The third-order valence-electron chi connectivity index (χ3n) is 7.91. The van der Waals surface area contributed by atoms with Crippen molar-refractivity contribution in [1.29, 1.82) is 0 Å². The van der Waals surface area contributed by atoms with Gasteiger partial charge in [0.15, 0.2) is 12.6 Å². The van der Waals surface area contributed by atoms with Crippen LogP contribution in [0.4, 0.5) is 4.79 Å². The number of amides is 1. The van der Waals surface area contributed by atoms with E-state index in [1.165, 1.54) is 0 Å². The van der Waals surface area contributed by atoms with Crippen molar-refractivity contribution in [1.82, 2.24) is 5.32 Å². The summed E-state index contributed by atoms with van der Waals surface area (Å²) in [6, 6.07) is 5.88. The zero-order valence-electron chi connectivity index (χ0n) is 23.2. The average molecular weight is 619 g/mol. The first kappa shape index (κ1) is 33.8. The number of rotatable bonds is 9. The van der Waals surface area contributed by atoms with Crippen LogP contribution in [0.2, 0.25) is 0 Å². The fourth-order valence-corrected chi connectivity index (χ4v) is 5.33. The van der Waals surface area contributed by atoms with Gasteiger partial charge < -0.3 is 81.9 Å². The maximum Gasteiger partial charge on any atom is 0.407 e. The number of ether oxygens (including phenoxy) is 5. The highest BCUT2D eigenvalue weighted by atomic mass is 16.7. The van der Waals surface area contributed by atoms with E-state index in [9.17, 15) is 40.5 Å². The van der Waals surface area contributed by atoms with Gasteiger partial charge in [0.05, 0.1) is 12.6 Å². The van der Waals surface area contributed by atoms with Crippen LogP contribution in [0.25, 0.3) is 0 Å². The van der Waals surface area contributed by atoms with Crippen molar-refractivity contribution in [3.63, 3.8) is 0 Å². The van der Waals surface area contributed by atoms with Gasteiger partial charge in [0.2, 0.25) is 0 Å². The highest BCUT2D eigenvalue weighted by Gasteiger charge is 2.51. The molecule has 244 valence electrons. The van der Waals surface area contributed by atoms with Crippen molar-refractivity contribution in [3.8, 4) is 0 Å². The molecule has 17 nitrogen and oxygen atoms in total. The summed E-state index contributed by atoms with van der Waals surface area (Å²) in [6.45, 7) is -0.959. The minimum absolute atomic E-state index is 0.00719. The van der Waals surface area contributed by atoms with Gasteiger partial charge in [0.25, 0.3) is 0 Å². The molecule has 14 N–H and O–H groups in total. The minimum atomic E-state index is -1.78. The number of benzene rings is 1. The Hall–Kier alpha value is -2.07. The van der Waals surface area contributed by atoms with Crippen LogP contribution in [0.3, 0.4) is 0 Å². The molecule has 3 aliphatic rings. The Kier molecular flexibility index (Phi) is 11.6. The zero-order chi connectivity index (χ0) is 31.4. The van der Waals surface area contributed by atoms with Crippen molar-refractivity contribution in [3.05, 3.63) is 35.9 Å². The zero-order valence-corrected chi connectivity index (χ0v) is 23.2. The first-order valence-corrected chi connectivity index (χ1v) is 13.9. The van der Waals surface area contributed by atoms with E-state index in [2.05, 4.69) is 5.32 Å². The smallest absolute Gasteiger partial charge is 0.407 e. The van der Waals surface area contributed by atoms with Crippen LogP contribution >= 0.6 is 0 Å². The topological polar surface area (TPSA) is 295 Å². The summed E-state index contributed by atoms with van der Waals surface area (Å²) < 4.78 is 27.8. The Morgan fingerprint density at radius 2 is 1.37 bits per heavy atom. The molecule has 0 aromatic heterocycles. The predicted octanol–water partition coefficient (Wildman–Crippen LogP) is -5.32. The standard InChI is InChI=1S/C26H42N4O13/c27-11-6-12(28)23(21(37)22(11)42-24-18(34)15(29)16(32)14(8-31)41-24)43-25-20(36)19(35)17(33)13(40-25)7-30-26(38)39-9-10-4-2-1-3-5-10/h1-5,11-25,31-37H,6-9,27-29H2,(H,30,38)/t11-,12?,13?,14?,15-,16-,17-,18?,19?,20+,21?,22-,23-,24-,25-/m1/s1. The quantitative estimate of drug-likeness (QED) is 0.123. The normalized spacial score (nSPS) is 43.6. The SMILES string of the molecule is NC1C[C@@H](N)[C@@H](O[C@H]2OC(CO)[C@@H](O)[C@@H](N)C2O)C(O)[C@@H]1O[C@H]1OC(CNC(=O)OCc2ccccc2)[C@@H](O)C(O)[C@@H]1O. The summed E-state index contributed by atoms with van der Waals surface area (Å²) in [6.07, 6.45) is -18.6. The lowest BCUT2D eigenvalue weighted by molar-refractivity contribution is -0.332. The molecule has 0 bridgehead atoms. The monoisotopic (exact) mass is 618 g/mol. The molecule has 0 spiro atoms. The number of hydrogen-bond donors (Lipinski definition) is 11. The largest absolute Gasteiger partial charge is 0.445 e. The Labute approximate surface area is 247 Å². The predicted molar refractivity (Wildman–Crippen MR) is 143 cm³/mol. The maximum absolute atomic E-state index is 12.2. The van der Waals surface area contributed by atoms with Gasteiger partial charge in [-0.15, -0.1) is 0 Å². The fraction of sp³-hybridized carbons (Fsp3) is 0.731. The van der Waals surface area contributed by atoms with E-state index in [1.807, 2.05) is 6.07 Å². The van der Waals surface area contributed by atoms with Crippen LogP contribution in [0, 0.1) is 0 Å². The summed E-state index contributed by atoms with van der Waals surface area (Å²) >= 11 is 0. The number of carbonyl (C=O) groups excluding carboxylic acids is 1. The van der Waals surface area contributed by atoms with E-state index in [-0.39, 0.29) is 19.6 Å². The number of nitrogens with two attached hydrogens (primary N) is 3. The number of nitrogens with one attached hydrogen (secondary N) is 1. The van der Waals surface area contributed by atoms with Crippen LogP contribution in [0.1, 0.15) is 12.0 Å². The summed E-state index contributed by atoms with van der Waals surface area (Å²) in [4.78, 5) is 12.2. The lowest BCUT2D eigenvalue weighted by Crippen LogP contribution is -2.68. The van der Waals surface area contributed by atoms with E-state index in [0.29, 0.717) is 0 Å². The summed E-state index contributed by atoms with van der Waals surface area (Å²) in [5.41, 5.74) is 19.0. The molecule has 15 atom stereocenters. The second kappa shape index (κ2) is 14.8. The number of aliphatic hydroxyl groups is 7. The van der Waals surface area contributed by atoms with Crippen molar-refractivity contribution in [2.75, 3.05) is 13.2 Å². The highest BCUT2D eigenvalue weighted by Crippen LogP contribution is 2.31. The molecular formula is C26H42N4O13. The summed E-state index contributed by atoms with van der Waals surface area (Å²) in [5, 5.41) is 75.1. The highest BCUT2D eigenvalue weighted by molar-refractivity contribution is 5.67. The van der Waals surface area contributed by atoms with Gasteiger partial charge in [0.1, 0.15) is 67.6 Å². The van der Waals surface area contributed by atoms with Crippen molar-refractivity contribution >= 4 is 6.09 Å². The second-order valence-electron chi connectivity index (χ2n) is 11.0. The molecule has 17 heteroatoms. The molecular weight excluding hydrogens is 576 g/mol. The van der Waals surface area contributed by atoms with Crippen LogP contribution < -0.4 is 22.5 Å². The van der Waals surface area contributed by atoms with Gasteiger partial charge in [0, 0.05) is 18.6 Å². The Balaban J connectivity index is 1.37. The van der Waals surface area contributed by atoms with Crippen LogP contribution in [-0.4, -0.2) is 147 Å². The Morgan fingerprint density at radius 1 is 0.791 bits per heavy atom. The van der Waals surface area contributed by atoms with Crippen molar-refractivity contribution in [2.45, 2.75) is 105 Å². The molecule has 1 aromatic rings. The van der Waals surface area contributed by atoms with E-state index in [1.54, 1.807) is 24.3 Å². The van der Waals surface area contributed by atoms with Crippen molar-refractivity contribution in [2.24, 2.45) is 17.2 Å². The third-order valence-corrected chi connectivity index (χ3v) is 7.91. The van der Waals surface area contributed by atoms with E-state index in [4.69, 9.17) is 40.9 Å². The third kappa shape index (κ3) is 7.78. The van der Waals surface area contributed by atoms with E-state index >= 15 is 0 Å². The Bertz CT molecular complexity index is 1030. The molecule has 6 unspecified atom stereocenters. The minimum Gasteiger partial charge on any atom is -0.445 e. The molecule has 1 amide bonds. The van der Waals surface area contributed by atoms with Gasteiger partial charge in [-0.2, -0.15) is 0 Å². The molecule has 0 radical (unpaired) electrons. The van der Waals surface area contributed by atoms with Gasteiger partial charge in [-0.3, -0.25) is 0 Å². The molecule has 4 rings (SSSR count). The average Bonchev–Trinajstić information content (AvgIpc) is 2.99. The molecule has 1 aliphatic carbocycles. The Morgan fingerprint density at radius 3 is 1.98 bits per heavy atom.